The van der Waals surface area contributed by atoms with Crippen molar-refractivity contribution in [3.63, 3.8) is 0 Å². The van der Waals surface area contributed by atoms with Crippen LogP contribution in [0, 0.1) is 6.92 Å². The van der Waals surface area contributed by atoms with Gasteiger partial charge in [-0.2, -0.15) is 0 Å². The Labute approximate surface area is 99.6 Å². The predicted octanol–water partition coefficient (Wildman–Crippen LogP) is 2.63. The molecule has 2 heterocycles. The van der Waals surface area contributed by atoms with Crippen LogP contribution in [0.1, 0.15) is 11.3 Å². The van der Waals surface area contributed by atoms with Crippen LogP contribution in [0.5, 0.6) is 5.75 Å². The van der Waals surface area contributed by atoms with E-state index < -0.39 is 0 Å². The summed E-state index contributed by atoms with van der Waals surface area (Å²) >= 11 is 0. The van der Waals surface area contributed by atoms with E-state index in [-0.39, 0.29) is 0 Å². The summed E-state index contributed by atoms with van der Waals surface area (Å²) in [5.74, 6) is 1.80. The van der Waals surface area contributed by atoms with E-state index in [2.05, 4.69) is 23.5 Å². The molecule has 4 heteroatoms. The first-order chi connectivity index (χ1) is 8.31. The topological polar surface area (TPSA) is 47.3 Å². The normalized spacial score (nSPS) is 13.3. The molecule has 0 unspecified atom stereocenters. The van der Waals surface area contributed by atoms with E-state index in [9.17, 15) is 0 Å². The van der Waals surface area contributed by atoms with Crippen LogP contribution in [0.2, 0.25) is 0 Å². The molecule has 0 atom stereocenters. The monoisotopic (exact) mass is 230 g/mol. The maximum atomic E-state index is 5.40. The van der Waals surface area contributed by atoms with Crippen LogP contribution in [0.4, 0.5) is 5.69 Å². The maximum Gasteiger partial charge on any atom is 0.146 e. The second kappa shape index (κ2) is 3.80. The van der Waals surface area contributed by atoms with Crippen molar-refractivity contribution >= 4 is 5.69 Å². The van der Waals surface area contributed by atoms with E-state index >= 15 is 0 Å². The van der Waals surface area contributed by atoms with Gasteiger partial charge in [-0.15, -0.1) is 0 Å². The van der Waals surface area contributed by atoms with E-state index in [0.29, 0.717) is 0 Å². The number of methoxy groups -OCH3 is 1. The third-order valence-corrected chi connectivity index (χ3v) is 3.16. The summed E-state index contributed by atoms with van der Waals surface area (Å²) in [4.78, 5) is 0. The standard InChI is InChI=1S/C13H14N2O2/c1-8-3-4-11(16-2)13-12(8)9-7-15-17-10(9)5-6-14-13/h3-4,7,14H,5-6H2,1-2H3. The summed E-state index contributed by atoms with van der Waals surface area (Å²) in [6.45, 7) is 2.91. The van der Waals surface area contributed by atoms with Gasteiger partial charge in [-0.3, -0.25) is 0 Å². The summed E-state index contributed by atoms with van der Waals surface area (Å²) in [6, 6.07) is 4.04. The predicted molar refractivity (Wildman–Crippen MR) is 65.4 cm³/mol. The summed E-state index contributed by atoms with van der Waals surface area (Å²) in [6.07, 6.45) is 2.63. The van der Waals surface area contributed by atoms with Crippen LogP contribution in [0.15, 0.2) is 22.9 Å². The van der Waals surface area contributed by atoms with Crippen molar-refractivity contribution in [2.75, 3.05) is 19.0 Å². The molecule has 0 spiro atoms. The highest BCUT2D eigenvalue weighted by Gasteiger charge is 2.22. The molecule has 0 aliphatic carbocycles. The molecule has 0 radical (unpaired) electrons. The van der Waals surface area contributed by atoms with Crippen LogP contribution < -0.4 is 10.1 Å². The molecule has 3 rings (SSSR count). The molecule has 0 bridgehead atoms. The molecule has 1 aromatic heterocycles. The van der Waals surface area contributed by atoms with Crippen molar-refractivity contribution in [1.29, 1.82) is 0 Å². The van der Waals surface area contributed by atoms with E-state index in [1.54, 1.807) is 13.3 Å². The number of nitrogens with one attached hydrogen (secondary N) is 1. The number of anilines is 1. The van der Waals surface area contributed by atoms with Gasteiger partial charge in [0.2, 0.25) is 0 Å². The van der Waals surface area contributed by atoms with Gasteiger partial charge in [0.25, 0.3) is 0 Å². The fourth-order valence-electron chi connectivity index (χ4n) is 2.33. The van der Waals surface area contributed by atoms with Crippen LogP contribution in [0.25, 0.3) is 11.1 Å². The van der Waals surface area contributed by atoms with Gasteiger partial charge in [0.1, 0.15) is 11.5 Å². The molecular formula is C13H14N2O2. The van der Waals surface area contributed by atoms with E-state index in [0.717, 1.165) is 41.3 Å². The smallest absolute Gasteiger partial charge is 0.146 e. The van der Waals surface area contributed by atoms with Gasteiger partial charge in [0.05, 0.1) is 19.0 Å². The third-order valence-electron chi connectivity index (χ3n) is 3.16. The second-order valence-electron chi connectivity index (χ2n) is 4.17. The van der Waals surface area contributed by atoms with E-state index in [1.165, 1.54) is 5.56 Å². The number of rotatable bonds is 1. The van der Waals surface area contributed by atoms with Crippen molar-refractivity contribution < 1.29 is 9.26 Å². The van der Waals surface area contributed by atoms with Crippen molar-refractivity contribution in [2.24, 2.45) is 0 Å². The molecule has 0 saturated carbocycles. The molecular weight excluding hydrogens is 216 g/mol. The molecule has 1 N–H and O–H groups in total. The Morgan fingerprint density at radius 2 is 2.29 bits per heavy atom. The highest BCUT2D eigenvalue weighted by atomic mass is 16.5. The molecule has 88 valence electrons. The number of aryl methyl sites for hydroxylation is 1. The number of fused-ring (bicyclic) bond motifs is 3. The molecule has 0 saturated heterocycles. The number of ether oxygens (including phenoxy) is 1. The molecule has 1 aliphatic heterocycles. The maximum absolute atomic E-state index is 5.40. The summed E-state index contributed by atoms with van der Waals surface area (Å²) in [7, 11) is 1.69. The Balaban J connectivity index is 2.31. The Kier molecular flexibility index (Phi) is 2.28. The zero-order valence-electron chi connectivity index (χ0n) is 9.91. The SMILES string of the molecule is COc1ccc(C)c2c1NCCc1oncc1-2. The van der Waals surface area contributed by atoms with Gasteiger partial charge in [0.15, 0.2) is 0 Å². The Morgan fingerprint density at radius 1 is 1.41 bits per heavy atom. The second-order valence-corrected chi connectivity index (χ2v) is 4.17. The molecule has 0 fully saturated rings. The molecule has 1 aliphatic rings. The molecule has 1 aromatic carbocycles. The Hall–Kier alpha value is -1.97. The third kappa shape index (κ3) is 1.48. The first kappa shape index (κ1) is 10.2. The van der Waals surface area contributed by atoms with Crippen LogP contribution in [0.3, 0.4) is 0 Å². The lowest BCUT2D eigenvalue weighted by Gasteiger charge is -2.14. The number of nitrogens with zero attached hydrogens (tertiary/aromatic N) is 1. The first-order valence-corrected chi connectivity index (χ1v) is 5.66. The average molecular weight is 230 g/mol. The highest BCUT2D eigenvalue weighted by Crippen LogP contribution is 2.41. The number of aromatic nitrogens is 1. The van der Waals surface area contributed by atoms with Crippen LogP contribution in [-0.4, -0.2) is 18.8 Å². The van der Waals surface area contributed by atoms with Crippen LogP contribution in [-0.2, 0) is 6.42 Å². The molecule has 2 aromatic rings. The van der Waals surface area contributed by atoms with Gasteiger partial charge in [-0.1, -0.05) is 11.2 Å². The Bertz CT molecular complexity index is 561. The Morgan fingerprint density at radius 3 is 3.12 bits per heavy atom. The summed E-state index contributed by atoms with van der Waals surface area (Å²) < 4.78 is 10.7. The van der Waals surface area contributed by atoms with E-state index in [4.69, 9.17) is 9.26 Å². The molecule has 17 heavy (non-hydrogen) atoms. The lowest BCUT2D eigenvalue weighted by molar-refractivity contribution is 0.386. The van der Waals surface area contributed by atoms with Gasteiger partial charge < -0.3 is 14.6 Å². The van der Waals surface area contributed by atoms with Crippen molar-refractivity contribution in [3.05, 3.63) is 29.7 Å². The minimum Gasteiger partial charge on any atom is -0.495 e. The minimum atomic E-state index is 0.828. The van der Waals surface area contributed by atoms with Crippen molar-refractivity contribution in [1.82, 2.24) is 5.16 Å². The lowest BCUT2D eigenvalue weighted by Crippen LogP contribution is -2.04. The van der Waals surface area contributed by atoms with Gasteiger partial charge in [0, 0.05) is 24.1 Å². The summed E-state index contributed by atoms with van der Waals surface area (Å²) in [5.41, 5.74) is 4.44. The minimum absolute atomic E-state index is 0.828. The van der Waals surface area contributed by atoms with Gasteiger partial charge >= 0.3 is 0 Å². The van der Waals surface area contributed by atoms with Crippen LogP contribution >= 0.6 is 0 Å². The number of hydrogen-bond acceptors (Lipinski definition) is 4. The van der Waals surface area contributed by atoms with Gasteiger partial charge in [-0.25, -0.2) is 0 Å². The van der Waals surface area contributed by atoms with Crippen molar-refractivity contribution in [3.8, 4) is 16.9 Å². The largest absolute Gasteiger partial charge is 0.495 e. The fraction of sp³-hybridized carbons (Fsp3) is 0.308. The molecule has 4 nitrogen and oxygen atoms in total. The van der Waals surface area contributed by atoms with E-state index in [1.807, 2.05) is 6.07 Å². The average Bonchev–Trinajstić information content (AvgIpc) is 2.71. The quantitative estimate of drug-likeness (QED) is 0.818. The number of hydrogen-bond donors (Lipinski definition) is 1. The first-order valence-electron chi connectivity index (χ1n) is 5.66. The summed E-state index contributed by atoms with van der Waals surface area (Å²) in [5, 5.41) is 7.30. The zero-order valence-corrected chi connectivity index (χ0v) is 9.91. The zero-order chi connectivity index (χ0) is 11.8. The lowest BCUT2D eigenvalue weighted by atomic mass is 9.99. The van der Waals surface area contributed by atoms with Gasteiger partial charge in [-0.05, 0) is 18.6 Å². The highest BCUT2D eigenvalue weighted by molar-refractivity contribution is 5.86. The molecule has 0 amide bonds. The number of benzene rings is 1. The fourth-order valence-corrected chi connectivity index (χ4v) is 2.33. The van der Waals surface area contributed by atoms with Crippen molar-refractivity contribution in [2.45, 2.75) is 13.3 Å².